The maximum absolute atomic E-state index is 12.9. The molecule has 3 heteroatoms. The van der Waals surface area contributed by atoms with Crippen molar-refractivity contribution in [2.45, 2.75) is 52.6 Å². The molecule has 134 valence electrons. The van der Waals surface area contributed by atoms with Gasteiger partial charge in [0.05, 0.1) is 6.61 Å². The van der Waals surface area contributed by atoms with Gasteiger partial charge >= 0.3 is 0 Å². The number of para-hydroxylation sites is 1. The van der Waals surface area contributed by atoms with Gasteiger partial charge in [-0.25, -0.2) is 0 Å². The Morgan fingerprint density at radius 1 is 1.04 bits per heavy atom. The number of aryl methyl sites for hydroxylation is 1. The predicted octanol–water partition coefficient (Wildman–Crippen LogP) is 4.85. The highest BCUT2D eigenvalue weighted by molar-refractivity contribution is 5.77. The van der Waals surface area contributed by atoms with Crippen molar-refractivity contribution in [3.63, 3.8) is 0 Å². The zero-order valence-electron chi connectivity index (χ0n) is 15.6. The molecule has 0 N–H and O–H groups in total. The fourth-order valence-electron chi connectivity index (χ4n) is 2.88. The van der Waals surface area contributed by atoms with Crippen molar-refractivity contribution in [1.29, 1.82) is 0 Å². The largest absolute Gasteiger partial charge is 0.494 e. The van der Waals surface area contributed by atoms with E-state index in [2.05, 4.69) is 26.0 Å². The van der Waals surface area contributed by atoms with Gasteiger partial charge in [-0.2, -0.15) is 0 Å². The van der Waals surface area contributed by atoms with Gasteiger partial charge in [0.1, 0.15) is 5.75 Å². The number of carbonyl (C=O) groups excluding carboxylic acids is 1. The summed E-state index contributed by atoms with van der Waals surface area (Å²) >= 11 is 0. The van der Waals surface area contributed by atoms with Crippen LogP contribution < -0.4 is 4.74 Å². The number of amides is 1. The highest BCUT2D eigenvalue weighted by Gasteiger charge is 2.19. The molecule has 0 heterocycles. The van der Waals surface area contributed by atoms with Gasteiger partial charge in [-0.05, 0) is 43.9 Å². The lowest BCUT2D eigenvalue weighted by molar-refractivity contribution is -0.134. The van der Waals surface area contributed by atoms with Crippen LogP contribution in [0.2, 0.25) is 0 Å². The molecule has 0 aliphatic heterocycles. The van der Waals surface area contributed by atoms with E-state index >= 15 is 0 Å². The van der Waals surface area contributed by atoms with Gasteiger partial charge < -0.3 is 9.64 Å². The third-order valence-electron chi connectivity index (χ3n) is 4.52. The Labute approximate surface area is 151 Å². The minimum absolute atomic E-state index is 0.199. The Morgan fingerprint density at radius 2 is 1.72 bits per heavy atom. The summed E-state index contributed by atoms with van der Waals surface area (Å²) in [4.78, 5) is 14.9. The summed E-state index contributed by atoms with van der Waals surface area (Å²) in [5.41, 5.74) is 2.27. The molecule has 1 atom stereocenters. The maximum atomic E-state index is 12.9. The lowest BCUT2D eigenvalue weighted by atomic mass is 10.1. The first kappa shape index (κ1) is 19.0. The van der Waals surface area contributed by atoms with Crippen molar-refractivity contribution >= 4 is 5.91 Å². The summed E-state index contributed by atoms with van der Waals surface area (Å²) in [6.45, 7) is 7.53. The molecular formula is C22H29NO2. The maximum Gasteiger partial charge on any atom is 0.223 e. The van der Waals surface area contributed by atoms with Crippen LogP contribution in [0.5, 0.6) is 5.75 Å². The number of hydrogen-bond donors (Lipinski definition) is 0. The number of rotatable bonds is 9. The summed E-state index contributed by atoms with van der Waals surface area (Å²) < 4.78 is 5.67. The smallest absolute Gasteiger partial charge is 0.223 e. The molecule has 2 aromatic rings. The lowest BCUT2D eigenvalue weighted by Crippen LogP contribution is -2.37. The van der Waals surface area contributed by atoms with Crippen molar-refractivity contribution < 1.29 is 9.53 Å². The van der Waals surface area contributed by atoms with E-state index in [1.165, 1.54) is 5.56 Å². The third-order valence-corrected chi connectivity index (χ3v) is 4.52. The van der Waals surface area contributed by atoms with Gasteiger partial charge in [0.2, 0.25) is 5.91 Å². The van der Waals surface area contributed by atoms with Gasteiger partial charge in [0, 0.05) is 19.0 Å². The number of carbonyl (C=O) groups is 1. The van der Waals surface area contributed by atoms with Crippen LogP contribution in [0, 0.1) is 0 Å². The standard InChI is InChI=1S/C22H29NO2/c1-4-18(3)23(17-19-11-7-6-8-12-19)22(24)16-15-20-13-9-10-14-21(20)25-5-2/h6-14,18H,4-5,15-17H2,1-3H3. The molecule has 0 bridgehead atoms. The van der Waals surface area contributed by atoms with E-state index in [1.807, 2.05) is 54.3 Å². The van der Waals surface area contributed by atoms with E-state index in [4.69, 9.17) is 4.74 Å². The Kier molecular flexibility index (Phi) is 7.52. The minimum Gasteiger partial charge on any atom is -0.494 e. The Hall–Kier alpha value is -2.29. The molecule has 25 heavy (non-hydrogen) atoms. The van der Waals surface area contributed by atoms with Crippen LogP contribution in [-0.2, 0) is 17.8 Å². The van der Waals surface area contributed by atoms with Crippen LogP contribution >= 0.6 is 0 Å². The number of ether oxygens (including phenoxy) is 1. The molecule has 0 fully saturated rings. The molecule has 0 saturated carbocycles. The Bertz CT molecular complexity index is 654. The average Bonchev–Trinajstić information content (AvgIpc) is 2.65. The van der Waals surface area contributed by atoms with Gasteiger partial charge in [0.25, 0.3) is 0 Å². The fraction of sp³-hybridized carbons (Fsp3) is 0.409. The van der Waals surface area contributed by atoms with E-state index in [1.54, 1.807) is 0 Å². The van der Waals surface area contributed by atoms with Crippen molar-refractivity contribution in [1.82, 2.24) is 4.90 Å². The monoisotopic (exact) mass is 339 g/mol. The molecule has 1 amide bonds. The summed E-state index contributed by atoms with van der Waals surface area (Å²) in [5.74, 6) is 1.08. The fourth-order valence-corrected chi connectivity index (χ4v) is 2.88. The summed E-state index contributed by atoms with van der Waals surface area (Å²) in [5, 5.41) is 0. The zero-order chi connectivity index (χ0) is 18.1. The minimum atomic E-state index is 0.199. The normalized spacial score (nSPS) is 11.8. The average molecular weight is 339 g/mol. The van der Waals surface area contributed by atoms with Crippen LogP contribution in [-0.4, -0.2) is 23.5 Å². The second-order valence-electron chi connectivity index (χ2n) is 6.31. The van der Waals surface area contributed by atoms with Gasteiger partial charge in [-0.3, -0.25) is 4.79 Å². The second kappa shape index (κ2) is 9.87. The van der Waals surface area contributed by atoms with Gasteiger partial charge in [-0.15, -0.1) is 0 Å². The second-order valence-corrected chi connectivity index (χ2v) is 6.31. The number of benzene rings is 2. The zero-order valence-corrected chi connectivity index (χ0v) is 15.6. The van der Waals surface area contributed by atoms with Crippen LogP contribution in [0.1, 0.15) is 44.7 Å². The van der Waals surface area contributed by atoms with Crippen LogP contribution in [0.3, 0.4) is 0 Å². The van der Waals surface area contributed by atoms with Crippen LogP contribution in [0.25, 0.3) is 0 Å². The van der Waals surface area contributed by atoms with Crippen molar-refractivity contribution in [3.8, 4) is 5.75 Å². The quantitative estimate of drug-likeness (QED) is 0.654. The van der Waals surface area contributed by atoms with E-state index in [0.29, 0.717) is 26.0 Å². The number of nitrogens with zero attached hydrogens (tertiary/aromatic N) is 1. The number of hydrogen-bond acceptors (Lipinski definition) is 2. The van der Waals surface area contributed by atoms with Crippen molar-refractivity contribution in [3.05, 3.63) is 65.7 Å². The van der Waals surface area contributed by atoms with E-state index in [9.17, 15) is 4.79 Å². The van der Waals surface area contributed by atoms with Crippen LogP contribution in [0.15, 0.2) is 54.6 Å². The highest BCUT2D eigenvalue weighted by atomic mass is 16.5. The van der Waals surface area contributed by atoms with Gasteiger partial charge in [0.15, 0.2) is 0 Å². The lowest BCUT2D eigenvalue weighted by Gasteiger charge is -2.29. The molecule has 0 aromatic heterocycles. The molecule has 2 aromatic carbocycles. The first-order chi connectivity index (χ1) is 12.2. The molecule has 0 spiro atoms. The van der Waals surface area contributed by atoms with Crippen LogP contribution in [0.4, 0.5) is 0 Å². The Balaban J connectivity index is 2.04. The SMILES string of the molecule is CCOc1ccccc1CCC(=O)N(Cc1ccccc1)C(C)CC. The topological polar surface area (TPSA) is 29.5 Å². The summed E-state index contributed by atoms with van der Waals surface area (Å²) in [7, 11) is 0. The molecule has 0 saturated heterocycles. The molecule has 0 radical (unpaired) electrons. The van der Waals surface area contributed by atoms with Gasteiger partial charge in [-0.1, -0.05) is 55.5 Å². The summed E-state index contributed by atoms with van der Waals surface area (Å²) in [6.07, 6.45) is 2.16. The van der Waals surface area contributed by atoms with E-state index in [0.717, 1.165) is 17.7 Å². The van der Waals surface area contributed by atoms with E-state index in [-0.39, 0.29) is 11.9 Å². The molecule has 3 nitrogen and oxygen atoms in total. The predicted molar refractivity (Wildman–Crippen MR) is 103 cm³/mol. The molecule has 1 unspecified atom stereocenters. The summed E-state index contributed by atoms with van der Waals surface area (Å²) in [6, 6.07) is 18.4. The molecule has 0 aliphatic rings. The molecule has 0 aliphatic carbocycles. The third kappa shape index (κ3) is 5.63. The first-order valence-electron chi connectivity index (χ1n) is 9.19. The highest BCUT2D eigenvalue weighted by Crippen LogP contribution is 2.21. The van der Waals surface area contributed by atoms with E-state index < -0.39 is 0 Å². The van der Waals surface area contributed by atoms with Crippen molar-refractivity contribution in [2.75, 3.05) is 6.61 Å². The first-order valence-corrected chi connectivity index (χ1v) is 9.19. The van der Waals surface area contributed by atoms with Crippen molar-refractivity contribution in [2.24, 2.45) is 0 Å². The molecule has 2 rings (SSSR count). The molecular weight excluding hydrogens is 310 g/mol. The Morgan fingerprint density at radius 3 is 2.40 bits per heavy atom.